The summed E-state index contributed by atoms with van der Waals surface area (Å²) in [7, 11) is -3.75. The fourth-order valence-electron chi connectivity index (χ4n) is 1.81. The quantitative estimate of drug-likeness (QED) is 0.763. The van der Waals surface area contributed by atoms with Crippen LogP contribution in [0.2, 0.25) is 0 Å². The molecule has 0 aromatic heterocycles. The Hall–Kier alpha value is -0.920. The number of hydrogen-bond acceptors (Lipinski definition) is 3. The van der Waals surface area contributed by atoms with Gasteiger partial charge in [0.15, 0.2) is 0 Å². The predicted molar refractivity (Wildman–Crippen MR) is 85.0 cm³/mol. The molecule has 0 heterocycles. The fraction of sp³-hybridized carbons (Fsp3) is 0.500. The van der Waals surface area contributed by atoms with Crippen LogP contribution in [0.4, 0.5) is 0 Å². The number of rotatable bonds is 7. The van der Waals surface area contributed by atoms with E-state index in [4.69, 9.17) is 5.11 Å². The van der Waals surface area contributed by atoms with Crippen LogP contribution in [0.3, 0.4) is 0 Å². The molecule has 0 saturated heterocycles. The standard InChI is InChI=1S/C14H20BrNO4S/c1-9(2)4-5-10(3)16-21(19,20)13-8-11(14(17)18)6-7-12(13)15/h6-10,16H,4-5H2,1-3H3,(H,17,18). The number of aromatic carboxylic acids is 1. The van der Waals surface area contributed by atoms with Gasteiger partial charge in [0.05, 0.1) is 10.5 Å². The molecule has 0 bridgehead atoms. The van der Waals surface area contributed by atoms with Gasteiger partial charge in [-0.15, -0.1) is 0 Å². The lowest BCUT2D eigenvalue weighted by atomic mass is 10.1. The highest BCUT2D eigenvalue weighted by atomic mass is 79.9. The molecule has 1 aromatic carbocycles. The summed E-state index contributed by atoms with van der Waals surface area (Å²) >= 11 is 3.16. The second-order valence-corrected chi connectivity index (χ2v) is 7.98. The average Bonchev–Trinajstić information content (AvgIpc) is 2.35. The third kappa shape index (κ3) is 5.41. The SMILES string of the molecule is CC(C)CCC(C)NS(=O)(=O)c1cc(C(=O)O)ccc1Br. The molecular formula is C14H20BrNO4S. The third-order valence-electron chi connectivity index (χ3n) is 3.00. The van der Waals surface area contributed by atoms with Crippen molar-refractivity contribution >= 4 is 31.9 Å². The summed E-state index contributed by atoms with van der Waals surface area (Å²) in [5.41, 5.74) is -0.0617. The van der Waals surface area contributed by atoms with Crippen LogP contribution in [0.15, 0.2) is 27.6 Å². The topological polar surface area (TPSA) is 83.5 Å². The van der Waals surface area contributed by atoms with Crippen LogP contribution < -0.4 is 4.72 Å². The molecule has 7 heteroatoms. The van der Waals surface area contributed by atoms with Crippen molar-refractivity contribution in [1.82, 2.24) is 4.72 Å². The second-order valence-electron chi connectivity index (χ2n) is 5.44. The number of benzene rings is 1. The van der Waals surface area contributed by atoms with E-state index in [9.17, 15) is 13.2 Å². The summed E-state index contributed by atoms with van der Waals surface area (Å²) in [6.07, 6.45) is 1.65. The lowest BCUT2D eigenvalue weighted by molar-refractivity contribution is 0.0696. The van der Waals surface area contributed by atoms with E-state index in [1.807, 2.05) is 0 Å². The van der Waals surface area contributed by atoms with Gasteiger partial charge < -0.3 is 5.11 Å². The molecule has 1 atom stereocenters. The van der Waals surface area contributed by atoms with Crippen LogP contribution in [0.5, 0.6) is 0 Å². The Balaban J connectivity index is 2.97. The molecular weight excluding hydrogens is 358 g/mol. The highest BCUT2D eigenvalue weighted by molar-refractivity contribution is 9.10. The summed E-state index contributed by atoms with van der Waals surface area (Å²) in [6.45, 7) is 5.96. The van der Waals surface area contributed by atoms with Gasteiger partial charge in [0.25, 0.3) is 0 Å². The van der Waals surface area contributed by atoms with E-state index < -0.39 is 16.0 Å². The summed E-state index contributed by atoms with van der Waals surface area (Å²) in [6, 6.07) is 3.73. The Morgan fingerprint density at radius 1 is 1.29 bits per heavy atom. The van der Waals surface area contributed by atoms with Gasteiger partial charge in [0.2, 0.25) is 10.0 Å². The van der Waals surface area contributed by atoms with Crippen LogP contribution in [-0.2, 0) is 10.0 Å². The molecule has 5 nitrogen and oxygen atoms in total. The fourth-order valence-corrected chi connectivity index (χ4v) is 4.08. The van der Waals surface area contributed by atoms with Crippen LogP contribution in [0, 0.1) is 5.92 Å². The number of carboxylic acid groups (broad SMARTS) is 1. The molecule has 0 fully saturated rings. The van der Waals surface area contributed by atoms with Gasteiger partial charge >= 0.3 is 5.97 Å². The highest BCUT2D eigenvalue weighted by Crippen LogP contribution is 2.24. The second kappa shape index (κ2) is 7.38. The van der Waals surface area contributed by atoms with Crippen molar-refractivity contribution in [2.75, 3.05) is 0 Å². The van der Waals surface area contributed by atoms with Gasteiger partial charge in [0.1, 0.15) is 0 Å². The Labute approximate surface area is 133 Å². The molecule has 2 N–H and O–H groups in total. The van der Waals surface area contributed by atoms with Gasteiger partial charge in [-0.05, 0) is 59.8 Å². The molecule has 21 heavy (non-hydrogen) atoms. The molecule has 0 aliphatic carbocycles. The summed E-state index contributed by atoms with van der Waals surface area (Å²) < 4.78 is 27.6. The number of carbonyl (C=O) groups is 1. The number of nitrogens with one attached hydrogen (secondary N) is 1. The van der Waals surface area contributed by atoms with Crippen molar-refractivity contribution in [2.24, 2.45) is 5.92 Å². The maximum Gasteiger partial charge on any atom is 0.335 e. The molecule has 0 amide bonds. The summed E-state index contributed by atoms with van der Waals surface area (Å²) in [4.78, 5) is 10.9. The van der Waals surface area contributed by atoms with E-state index in [0.29, 0.717) is 10.4 Å². The van der Waals surface area contributed by atoms with E-state index in [-0.39, 0.29) is 16.5 Å². The number of halogens is 1. The van der Waals surface area contributed by atoms with Gasteiger partial charge in [-0.25, -0.2) is 17.9 Å². The van der Waals surface area contributed by atoms with Crippen LogP contribution in [-0.4, -0.2) is 25.5 Å². The van der Waals surface area contributed by atoms with Crippen molar-refractivity contribution < 1.29 is 18.3 Å². The first kappa shape index (κ1) is 18.1. The molecule has 0 aliphatic heterocycles. The Bertz CT molecular complexity index is 613. The molecule has 118 valence electrons. The Morgan fingerprint density at radius 3 is 2.43 bits per heavy atom. The normalized spacial score (nSPS) is 13.4. The van der Waals surface area contributed by atoms with E-state index in [1.54, 1.807) is 6.92 Å². The Morgan fingerprint density at radius 2 is 1.90 bits per heavy atom. The molecule has 1 rings (SSSR count). The van der Waals surface area contributed by atoms with Crippen molar-refractivity contribution in [2.45, 2.75) is 44.6 Å². The maximum atomic E-state index is 12.3. The van der Waals surface area contributed by atoms with E-state index >= 15 is 0 Å². The van der Waals surface area contributed by atoms with Crippen molar-refractivity contribution in [1.29, 1.82) is 0 Å². The molecule has 1 aromatic rings. The number of carboxylic acids is 1. The minimum atomic E-state index is -3.75. The Kier molecular flexibility index (Phi) is 6.37. The largest absolute Gasteiger partial charge is 0.478 e. The third-order valence-corrected chi connectivity index (χ3v) is 5.58. The van der Waals surface area contributed by atoms with E-state index in [1.165, 1.54) is 12.1 Å². The van der Waals surface area contributed by atoms with Crippen molar-refractivity contribution in [3.05, 3.63) is 28.2 Å². The summed E-state index contributed by atoms with van der Waals surface area (Å²) in [5.74, 6) is -0.661. The zero-order valence-electron chi connectivity index (χ0n) is 12.3. The average molecular weight is 378 g/mol. The number of sulfonamides is 1. The molecule has 1 unspecified atom stereocenters. The first-order valence-electron chi connectivity index (χ1n) is 6.68. The molecule has 0 saturated carbocycles. The van der Waals surface area contributed by atoms with Gasteiger partial charge in [-0.2, -0.15) is 0 Å². The highest BCUT2D eigenvalue weighted by Gasteiger charge is 2.21. The van der Waals surface area contributed by atoms with Gasteiger partial charge in [0, 0.05) is 10.5 Å². The zero-order valence-corrected chi connectivity index (χ0v) is 14.7. The number of hydrogen-bond donors (Lipinski definition) is 2. The lowest BCUT2D eigenvalue weighted by Crippen LogP contribution is -2.33. The smallest absolute Gasteiger partial charge is 0.335 e. The van der Waals surface area contributed by atoms with Gasteiger partial charge in [-0.1, -0.05) is 13.8 Å². The summed E-state index contributed by atoms with van der Waals surface area (Å²) in [5, 5.41) is 8.96. The minimum Gasteiger partial charge on any atom is -0.478 e. The first-order valence-corrected chi connectivity index (χ1v) is 8.96. The lowest BCUT2D eigenvalue weighted by Gasteiger charge is -2.16. The predicted octanol–water partition coefficient (Wildman–Crippen LogP) is 3.25. The van der Waals surface area contributed by atoms with E-state index in [0.717, 1.165) is 18.9 Å². The van der Waals surface area contributed by atoms with Crippen molar-refractivity contribution in [3.63, 3.8) is 0 Å². The van der Waals surface area contributed by atoms with Crippen molar-refractivity contribution in [3.8, 4) is 0 Å². The van der Waals surface area contributed by atoms with Crippen LogP contribution >= 0.6 is 15.9 Å². The van der Waals surface area contributed by atoms with Crippen LogP contribution in [0.25, 0.3) is 0 Å². The molecule has 0 spiro atoms. The molecule has 0 aliphatic rings. The van der Waals surface area contributed by atoms with Gasteiger partial charge in [-0.3, -0.25) is 0 Å². The van der Waals surface area contributed by atoms with Crippen LogP contribution in [0.1, 0.15) is 44.0 Å². The minimum absolute atomic E-state index is 0.0567. The van der Waals surface area contributed by atoms with E-state index in [2.05, 4.69) is 34.5 Å². The zero-order chi connectivity index (χ0) is 16.2. The first-order chi connectivity index (χ1) is 9.63. The monoisotopic (exact) mass is 377 g/mol. The molecule has 0 radical (unpaired) electrons. The maximum absolute atomic E-state index is 12.3.